The van der Waals surface area contributed by atoms with E-state index in [9.17, 15) is 13.2 Å². The van der Waals surface area contributed by atoms with Crippen LogP contribution in [0.15, 0.2) is 29.4 Å². The maximum Gasteiger partial charge on any atom is 0.242 e. The van der Waals surface area contributed by atoms with Gasteiger partial charge in [-0.2, -0.15) is 0 Å². The Balaban J connectivity index is 2.43. The van der Waals surface area contributed by atoms with Crippen LogP contribution in [-0.2, 0) is 14.8 Å². The van der Waals surface area contributed by atoms with Gasteiger partial charge in [-0.15, -0.1) is 0 Å². The van der Waals surface area contributed by atoms with Crippen LogP contribution in [0.1, 0.15) is 26.7 Å². The first-order valence-electron chi connectivity index (χ1n) is 6.76. The van der Waals surface area contributed by atoms with E-state index in [1.165, 1.54) is 18.5 Å². The largest absolute Gasteiger partial charge is 0.353 e. The fraction of sp³-hybridized carbons (Fsp3) is 0.538. The monoisotopic (exact) mass is 314 g/mol. The number of carbonyl (C=O) groups is 1. The van der Waals surface area contributed by atoms with E-state index in [4.69, 9.17) is 5.73 Å². The summed E-state index contributed by atoms with van der Waals surface area (Å²) < 4.78 is 26.2. The van der Waals surface area contributed by atoms with Crippen molar-refractivity contribution in [2.24, 2.45) is 5.73 Å². The maximum atomic E-state index is 11.9. The highest BCUT2D eigenvalue weighted by atomic mass is 32.2. The molecule has 1 aromatic rings. The summed E-state index contributed by atoms with van der Waals surface area (Å²) >= 11 is 0. The van der Waals surface area contributed by atoms with E-state index in [1.54, 1.807) is 13.0 Å². The molecule has 1 atom stereocenters. The van der Waals surface area contributed by atoms with Gasteiger partial charge < -0.3 is 11.1 Å². The van der Waals surface area contributed by atoms with Crippen LogP contribution in [0.25, 0.3) is 0 Å². The van der Waals surface area contributed by atoms with E-state index in [0.29, 0.717) is 6.42 Å². The first-order chi connectivity index (χ1) is 9.79. The van der Waals surface area contributed by atoms with Crippen molar-refractivity contribution in [3.05, 3.63) is 24.5 Å². The van der Waals surface area contributed by atoms with E-state index in [0.717, 1.165) is 6.42 Å². The van der Waals surface area contributed by atoms with Crippen molar-refractivity contribution in [2.75, 3.05) is 13.1 Å². The molecule has 0 bridgehead atoms. The molecule has 8 heteroatoms. The number of nitrogens with zero attached hydrogens (tertiary/aromatic N) is 1. The second-order valence-electron chi connectivity index (χ2n) is 5.01. The third kappa shape index (κ3) is 5.41. The number of aromatic nitrogens is 1. The van der Waals surface area contributed by atoms with Gasteiger partial charge in [-0.3, -0.25) is 9.78 Å². The van der Waals surface area contributed by atoms with Gasteiger partial charge in [0, 0.05) is 25.5 Å². The van der Waals surface area contributed by atoms with E-state index in [-0.39, 0.29) is 23.9 Å². The molecule has 0 saturated heterocycles. The third-order valence-corrected chi connectivity index (χ3v) is 4.38. The van der Waals surface area contributed by atoms with Gasteiger partial charge in [-0.25, -0.2) is 13.1 Å². The molecule has 0 aliphatic heterocycles. The Bertz CT molecular complexity index is 558. The van der Waals surface area contributed by atoms with Crippen molar-refractivity contribution in [2.45, 2.75) is 37.1 Å². The molecule has 0 aliphatic carbocycles. The second-order valence-corrected chi connectivity index (χ2v) is 6.78. The fourth-order valence-electron chi connectivity index (χ4n) is 1.79. The number of pyridine rings is 1. The van der Waals surface area contributed by atoms with E-state index in [2.05, 4.69) is 15.0 Å². The Morgan fingerprint density at radius 2 is 2.14 bits per heavy atom. The van der Waals surface area contributed by atoms with Gasteiger partial charge in [-0.1, -0.05) is 13.3 Å². The molecule has 0 aromatic carbocycles. The van der Waals surface area contributed by atoms with Crippen molar-refractivity contribution < 1.29 is 13.2 Å². The van der Waals surface area contributed by atoms with Crippen molar-refractivity contribution in [3.63, 3.8) is 0 Å². The summed E-state index contributed by atoms with van der Waals surface area (Å²) in [6, 6.07) is 2.99. The summed E-state index contributed by atoms with van der Waals surface area (Å²) in [6.45, 7) is 3.87. The molecule has 0 radical (unpaired) electrons. The minimum absolute atomic E-state index is 0.0885. The van der Waals surface area contributed by atoms with Gasteiger partial charge in [0.15, 0.2) is 0 Å². The number of amides is 1. The van der Waals surface area contributed by atoms with Crippen LogP contribution in [0.2, 0.25) is 0 Å². The number of nitrogens with two attached hydrogens (primary N) is 1. The molecule has 0 aliphatic rings. The van der Waals surface area contributed by atoms with Crippen LogP contribution in [0.3, 0.4) is 0 Å². The number of hydrogen-bond acceptors (Lipinski definition) is 5. The first-order valence-corrected chi connectivity index (χ1v) is 8.25. The normalized spacial score (nSPS) is 14.4. The summed E-state index contributed by atoms with van der Waals surface area (Å²) in [6.07, 6.45) is 4.13. The van der Waals surface area contributed by atoms with E-state index in [1.807, 2.05) is 6.92 Å². The van der Waals surface area contributed by atoms with Gasteiger partial charge in [0.1, 0.15) is 4.90 Å². The Kier molecular flexibility index (Phi) is 6.25. The molecule has 0 spiro atoms. The first kappa shape index (κ1) is 17.5. The molecule has 0 saturated carbocycles. The zero-order valence-electron chi connectivity index (χ0n) is 12.3. The molecule has 1 aromatic heterocycles. The Morgan fingerprint density at radius 3 is 2.71 bits per heavy atom. The number of sulfonamides is 1. The van der Waals surface area contributed by atoms with Crippen LogP contribution in [0, 0.1) is 0 Å². The number of hydrogen-bond donors (Lipinski definition) is 3. The highest BCUT2D eigenvalue weighted by Crippen LogP contribution is 2.08. The molecule has 1 heterocycles. The topological polar surface area (TPSA) is 114 Å². The van der Waals surface area contributed by atoms with Crippen molar-refractivity contribution in [1.29, 1.82) is 0 Å². The second kappa shape index (κ2) is 7.48. The Hall–Kier alpha value is -1.51. The average Bonchev–Trinajstić information content (AvgIpc) is 2.44. The van der Waals surface area contributed by atoms with Gasteiger partial charge in [-0.05, 0) is 25.5 Å². The summed E-state index contributed by atoms with van der Waals surface area (Å²) in [5, 5.41) is 2.63. The molecule has 118 valence electrons. The molecule has 1 rings (SSSR count). The van der Waals surface area contributed by atoms with E-state index < -0.39 is 15.6 Å². The van der Waals surface area contributed by atoms with Crippen LogP contribution < -0.4 is 15.8 Å². The highest BCUT2D eigenvalue weighted by molar-refractivity contribution is 7.89. The van der Waals surface area contributed by atoms with Gasteiger partial charge in [0.05, 0.1) is 5.54 Å². The standard InChI is InChI=1S/C13H22N4O3S/c1-3-6-13(2,14)12(18)16-8-9-17-21(19,20)11-5-4-7-15-10-11/h4-5,7,10,17H,3,6,8-9,14H2,1-2H3,(H,16,18). The predicted octanol–water partition coefficient (Wildman–Crippen LogP) is -0.00640. The molecule has 1 unspecified atom stereocenters. The van der Waals surface area contributed by atoms with Crippen LogP contribution in [-0.4, -0.2) is 37.9 Å². The SMILES string of the molecule is CCCC(C)(N)C(=O)NCCNS(=O)(=O)c1cccnc1. The maximum absolute atomic E-state index is 11.9. The molecule has 0 fully saturated rings. The lowest BCUT2D eigenvalue weighted by molar-refractivity contribution is -0.126. The minimum Gasteiger partial charge on any atom is -0.353 e. The van der Waals surface area contributed by atoms with Crippen molar-refractivity contribution >= 4 is 15.9 Å². The zero-order chi connectivity index (χ0) is 15.9. The summed E-state index contributed by atoms with van der Waals surface area (Å²) in [4.78, 5) is 15.7. The molecular formula is C13H22N4O3S. The summed E-state index contributed by atoms with van der Waals surface area (Å²) in [5.74, 6) is -0.287. The lowest BCUT2D eigenvalue weighted by Gasteiger charge is -2.22. The minimum atomic E-state index is -3.60. The number of carbonyl (C=O) groups excluding carboxylic acids is 1. The summed E-state index contributed by atoms with van der Waals surface area (Å²) in [5.41, 5.74) is 4.94. The fourth-order valence-corrected chi connectivity index (χ4v) is 2.78. The molecule has 21 heavy (non-hydrogen) atoms. The van der Waals surface area contributed by atoms with Crippen molar-refractivity contribution in [3.8, 4) is 0 Å². The molecule has 7 nitrogen and oxygen atoms in total. The quantitative estimate of drug-likeness (QED) is 0.584. The molecular weight excluding hydrogens is 292 g/mol. The Labute approximate surface area is 125 Å². The van der Waals surface area contributed by atoms with Gasteiger partial charge in [0.25, 0.3) is 0 Å². The number of rotatable bonds is 8. The lowest BCUT2D eigenvalue weighted by Crippen LogP contribution is -2.52. The Morgan fingerprint density at radius 1 is 1.43 bits per heavy atom. The lowest BCUT2D eigenvalue weighted by atomic mass is 9.97. The van der Waals surface area contributed by atoms with Gasteiger partial charge in [0.2, 0.25) is 15.9 Å². The van der Waals surface area contributed by atoms with Crippen LogP contribution >= 0.6 is 0 Å². The highest BCUT2D eigenvalue weighted by Gasteiger charge is 2.26. The van der Waals surface area contributed by atoms with Crippen LogP contribution in [0.4, 0.5) is 0 Å². The average molecular weight is 314 g/mol. The molecule has 4 N–H and O–H groups in total. The third-order valence-electron chi connectivity index (χ3n) is 2.94. The van der Waals surface area contributed by atoms with Crippen LogP contribution in [0.5, 0.6) is 0 Å². The molecule has 1 amide bonds. The smallest absolute Gasteiger partial charge is 0.242 e. The zero-order valence-corrected chi connectivity index (χ0v) is 13.1. The predicted molar refractivity (Wildman–Crippen MR) is 79.9 cm³/mol. The van der Waals surface area contributed by atoms with Crippen molar-refractivity contribution in [1.82, 2.24) is 15.0 Å². The number of nitrogens with one attached hydrogen (secondary N) is 2. The van der Waals surface area contributed by atoms with E-state index >= 15 is 0 Å². The summed E-state index contributed by atoms with van der Waals surface area (Å²) in [7, 11) is -3.60. The van der Waals surface area contributed by atoms with Gasteiger partial charge >= 0.3 is 0 Å².